The lowest BCUT2D eigenvalue weighted by molar-refractivity contribution is 0.137. The van der Waals surface area contributed by atoms with Crippen molar-refractivity contribution in [3.05, 3.63) is 29.6 Å². The molecule has 0 saturated heterocycles. The van der Waals surface area contributed by atoms with E-state index in [0.29, 0.717) is 23.7 Å². The highest BCUT2D eigenvalue weighted by molar-refractivity contribution is 5.36. The van der Waals surface area contributed by atoms with Crippen LogP contribution >= 0.6 is 0 Å². The summed E-state index contributed by atoms with van der Waals surface area (Å²) >= 11 is 0. The van der Waals surface area contributed by atoms with Crippen LogP contribution in [-0.2, 0) is 0 Å². The van der Waals surface area contributed by atoms with Gasteiger partial charge in [0, 0.05) is 0 Å². The molecule has 0 heterocycles. The van der Waals surface area contributed by atoms with E-state index >= 15 is 0 Å². The van der Waals surface area contributed by atoms with Crippen LogP contribution in [-0.4, -0.2) is 12.2 Å². The molecule has 2 nitrogen and oxygen atoms in total. The molecular weight excluding hydrogens is 219 g/mol. The third-order valence-corrected chi connectivity index (χ3v) is 3.60. The van der Waals surface area contributed by atoms with E-state index in [-0.39, 0.29) is 5.82 Å². The summed E-state index contributed by atoms with van der Waals surface area (Å²) in [4.78, 5) is 0. The molecule has 0 aliphatic heterocycles. The molecule has 0 radical (unpaired) electrons. The zero-order valence-corrected chi connectivity index (χ0v) is 10.2. The van der Waals surface area contributed by atoms with Crippen molar-refractivity contribution >= 4 is 0 Å². The molecule has 1 atom stereocenters. The van der Waals surface area contributed by atoms with Crippen molar-refractivity contribution in [1.82, 2.24) is 0 Å². The second kappa shape index (κ2) is 5.50. The fourth-order valence-electron chi connectivity index (χ4n) is 2.70. The van der Waals surface area contributed by atoms with E-state index in [1.165, 1.54) is 26.0 Å². The van der Waals surface area contributed by atoms with Crippen molar-refractivity contribution in [3.63, 3.8) is 0 Å². The summed E-state index contributed by atoms with van der Waals surface area (Å²) in [6.45, 7) is 0. The Balaban J connectivity index is 2.14. The summed E-state index contributed by atoms with van der Waals surface area (Å²) in [6.07, 6.45) is 4.63. The molecule has 3 heteroatoms. The van der Waals surface area contributed by atoms with Gasteiger partial charge in [0.05, 0.1) is 18.8 Å². The second-order valence-corrected chi connectivity index (χ2v) is 4.76. The van der Waals surface area contributed by atoms with Gasteiger partial charge in [0.25, 0.3) is 0 Å². The van der Waals surface area contributed by atoms with Crippen molar-refractivity contribution in [3.8, 4) is 5.75 Å². The molecule has 94 valence electrons. The molecule has 1 aromatic rings. The third-order valence-electron chi connectivity index (χ3n) is 3.60. The van der Waals surface area contributed by atoms with Crippen LogP contribution < -0.4 is 4.74 Å². The van der Waals surface area contributed by atoms with Crippen molar-refractivity contribution in [2.24, 2.45) is 5.92 Å². The minimum atomic E-state index is -0.755. The average molecular weight is 238 g/mol. The topological polar surface area (TPSA) is 29.5 Å². The summed E-state index contributed by atoms with van der Waals surface area (Å²) in [5.41, 5.74) is 0.307. The minimum Gasteiger partial charge on any atom is -0.496 e. The number of hydrogen-bond donors (Lipinski definition) is 1. The van der Waals surface area contributed by atoms with Gasteiger partial charge < -0.3 is 9.84 Å². The number of aliphatic hydroxyl groups excluding tert-OH is 1. The number of benzene rings is 1. The summed E-state index contributed by atoms with van der Waals surface area (Å²) in [5, 5.41) is 10.2. The molecule has 1 aliphatic carbocycles. The fourth-order valence-corrected chi connectivity index (χ4v) is 2.70. The van der Waals surface area contributed by atoms with E-state index in [1.54, 1.807) is 12.1 Å². The van der Waals surface area contributed by atoms with Gasteiger partial charge in [0.15, 0.2) is 0 Å². The maximum atomic E-state index is 13.7. The first kappa shape index (κ1) is 12.4. The Kier molecular flexibility index (Phi) is 4.00. The number of aliphatic hydroxyl groups is 1. The van der Waals surface area contributed by atoms with Crippen molar-refractivity contribution in [2.45, 2.75) is 38.2 Å². The molecule has 1 N–H and O–H groups in total. The van der Waals surface area contributed by atoms with E-state index in [0.717, 1.165) is 12.8 Å². The second-order valence-electron chi connectivity index (χ2n) is 4.76. The Hall–Kier alpha value is -1.09. The smallest absolute Gasteiger partial charge is 0.132 e. The largest absolute Gasteiger partial charge is 0.496 e. The van der Waals surface area contributed by atoms with Crippen LogP contribution in [0.2, 0.25) is 0 Å². The van der Waals surface area contributed by atoms with Crippen molar-refractivity contribution < 1.29 is 14.2 Å². The number of ether oxygens (including phenoxy) is 1. The Morgan fingerprint density at radius 1 is 1.41 bits per heavy atom. The number of rotatable bonds is 4. The third kappa shape index (κ3) is 2.78. The van der Waals surface area contributed by atoms with Gasteiger partial charge in [-0.1, -0.05) is 31.7 Å². The normalized spacial score (nSPS) is 18.3. The van der Waals surface area contributed by atoms with Crippen molar-refractivity contribution in [2.75, 3.05) is 7.11 Å². The molecule has 2 rings (SSSR count). The molecule has 1 aliphatic rings. The average Bonchev–Trinajstić information content (AvgIpc) is 2.81. The summed E-state index contributed by atoms with van der Waals surface area (Å²) in [6, 6.07) is 4.66. The van der Waals surface area contributed by atoms with Crippen LogP contribution in [0.3, 0.4) is 0 Å². The first-order chi connectivity index (χ1) is 8.22. The molecule has 17 heavy (non-hydrogen) atoms. The Bertz CT molecular complexity index is 372. The van der Waals surface area contributed by atoms with E-state index in [9.17, 15) is 9.50 Å². The highest BCUT2D eigenvalue weighted by Gasteiger charge is 2.24. The highest BCUT2D eigenvalue weighted by atomic mass is 19.1. The Morgan fingerprint density at radius 2 is 2.12 bits per heavy atom. The van der Waals surface area contributed by atoms with Crippen LogP contribution in [0.1, 0.15) is 43.8 Å². The van der Waals surface area contributed by atoms with E-state index < -0.39 is 6.10 Å². The lowest BCUT2D eigenvalue weighted by Crippen LogP contribution is -2.08. The summed E-state index contributed by atoms with van der Waals surface area (Å²) < 4.78 is 18.8. The zero-order chi connectivity index (χ0) is 12.3. The summed E-state index contributed by atoms with van der Waals surface area (Å²) in [5.74, 6) is 0.583. The predicted molar refractivity (Wildman–Crippen MR) is 64.5 cm³/mol. The van der Waals surface area contributed by atoms with E-state index in [4.69, 9.17) is 4.74 Å². The SMILES string of the molecule is COc1cccc(F)c1C(O)CC1CCCC1. The summed E-state index contributed by atoms with van der Waals surface area (Å²) in [7, 11) is 1.50. The van der Waals surface area contributed by atoms with Gasteiger partial charge >= 0.3 is 0 Å². The monoisotopic (exact) mass is 238 g/mol. The molecule has 1 fully saturated rings. The zero-order valence-electron chi connectivity index (χ0n) is 10.2. The van der Waals surface area contributed by atoms with Crippen LogP contribution in [0.25, 0.3) is 0 Å². The van der Waals surface area contributed by atoms with Crippen LogP contribution in [0.4, 0.5) is 4.39 Å². The first-order valence-electron chi connectivity index (χ1n) is 6.23. The van der Waals surface area contributed by atoms with Crippen LogP contribution in [0.5, 0.6) is 5.75 Å². The van der Waals surface area contributed by atoms with Gasteiger partial charge in [0.1, 0.15) is 11.6 Å². The van der Waals surface area contributed by atoms with Gasteiger partial charge in [-0.25, -0.2) is 4.39 Å². The minimum absolute atomic E-state index is 0.307. The van der Waals surface area contributed by atoms with Crippen molar-refractivity contribution in [1.29, 1.82) is 0 Å². The lowest BCUT2D eigenvalue weighted by Gasteiger charge is -2.18. The maximum absolute atomic E-state index is 13.7. The maximum Gasteiger partial charge on any atom is 0.132 e. The number of methoxy groups -OCH3 is 1. The Labute approximate surface area is 101 Å². The molecule has 1 unspecified atom stereocenters. The van der Waals surface area contributed by atoms with E-state index in [1.807, 2.05) is 0 Å². The quantitative estimate of drug-likeness (QED) is 0.870. The fraction of sp³-hybridized carbons (Fsp3) is 0.571. The van der Waals surface area contributed by atoms with E-state index in [2.05, 4.69) is 0 Å². The molecular formula is C14H19FO2. The molecule has 1 aromatic carbocycles. The van der Waals surface area contributed by atoms with Gasteiger partial charge in [-0.3, -0.25) is 0 Å². The standard InChI is InChI=1S/C14H19FO2/c1-17-13-8-4-7-11(15)14(13)12(16)9-10-5-2-3-6-10/h4,7-8,10,12,16H,2-3,5-6,9H2,1H3. The van der Waals surface area contributed by atoms with Gasteiger partial charge in [-0.2, -0.15) is 0 Å². The van der Waals surface area contributed by atoms with Crippen LogP contribution in [0.15, 0.2) is 18.2 Å². The Morgan fingerprint density at radius 3 is 2.76 bits per heavy atom. The van der Waals surface area contributed by atoms with Gasteiger partial charge in [0.2, 0.25) is 0 Å². The number of hydrogen-bond acceptors (Lipinski definition) is 2. The van der Waals surface area contributed by atoms with Crippen LogP contribution in [0, 0.1) is 11.7 Å². The number of halogens is 1. The molecule has 0 aromatic heterocycles. The lowest BCUT2D eigenvalue weighted by atomic mass is 9.95. The molecule has 0 bridgehead atoms. The predicted octanol–water partition coefficient (Wildman–Crippen LogP) is 3.45. The highest BCUT2D eigenvalue weighted by Crippen LogP contribution is 2.36. The molecule has 0 spiro atoms. The first-order valence-corrected chi connectivity index (χ1v) is 6.23. The molecule has 0 amide bonds. The van der Waals surface area contributed by atoms with Gasteiger partial charge in [-0.15, -0.1) is 0 Å². The van der Waals surface area contributed by atoms with Gasteiger partial charge in [-0.05, 0) is 24.5 Å². The molecule has 1 saturated carbocycles.